The van der Waals surface area contributed by atoms with E-state index in [-0.39, 0.29) is 0 Å². The lowest BCUT2D eigenvalue weighted by molar-refractivity contribution is 0.0523. The molecule has 140 valence electrons. The number of fused-ring (bicyclic) bond motifs is 1. The van der Waals surface area contributed by atoms with Crippen molar-refractivity contribution in [1.29, 1.82) is 0 Å². The molecule has 3 aromatic carbocycles. The van der Waals surface area contributed by atoms with Gasteiger partial charge < -0.3 is 21.1 Å². The first-order valence-electron chi connectivity index (χ1n) is 8.92. The maximum Gasteiger partial charge on any atom is 0.407 e. The number of rotatable bonds is 4. The molecule has 3 aromatic rings. The first-order chi connectivity index (χ1) is 12.8. The van der Waals surface area contributed by atoms with E-state index in [1.807, 2.05) is 81.4 Å². The van der Waals surface area contributed by atoms with Crippen LogP contribution in [0.15, 0.2) is 60.7 Å². The van der Waals surface area contributed by atoms with E-state index in [4.69, 9.17) is 10.5 Å². The Balaban J connectivity index is 1.64. The van der Waals surface area contributed by atoms with Gasteiger partial charge in [-0.15, -0.1) is 0 Å². The highest BCUT2D eigenvalue weighted by Crippen LogP contribution is 2.30. The van der Waals surface area contributed by atoms with E-state index in [1.165, 1.54) is 0 Å². The number of ether oxygens (including phenoxy) is 1. The van der Waals surface area contributed by atoms with Gasteiger partial charge in [0, 0.05) is 17.6 Å². The highest BCUT2D eigenvalue weighted by Gasteiger charge is 2.15. The summed E-state index contributed by atoms with van der Waals surface area (Å²) in [6.07, 6.45) is -0.423. The number of alkyl carbamates (subject to hydrolysis) is 1. The molecule has 5 heteroatoms. The van der Waals surface area contributed by atoms with E-state index in [1.54, 1.807) is 0 Å². The minimum Gasteiger partial charge on any atom is -0.444 e. The van der Waals surface area contributed by atoms with E-state index >= 15 is 0 Å². The summed E-state index contributed by atoms with van der Waals surface area (Å²) in [7, 11) is 0. The topological polar surface area (TPSA) is 76.4 Å². The van der Waals surface area contributed by atoms with Gasteiger partial charge in [-0.1, -0.05) is 42.5 Å². The predicted octanol–water partition coefficient (Wildman–Crippen LogP) is 5.19. The molecule has 0 aromatic heterocycles. The third-order valence-corrected chi connectivity index (χ3v) is 4.04. The summed E-state index contributed by atoms with van der Waals surface area (Å²) in [5.41, 5.74) is 9.31. The summed E-state index contributed by atoms with van der Waals surface area (Å²) in [6, 6.07) is 19.9. The van der Waals surface area contributed by atoms with Crippen LogP contribution < -0.4 is 16.4 Å². The number of carbonyl (C=O) groups is 1. The Bertz CT molecular complexity index is 944. The Morgan fingerprint density at radius 3 is 2.41 bits per heavy atom. The summed E-state index contributed by atoms with van der Waals surface area (Å²) >= 11 is 0. The molecule has 5 nitrogen and oxygen atoms in total. The van der Waals surface area contributed by atoms with Crippen LogP contribution in [0.5, 0.6) is 0 Å². The Kier molecular flexibility index (Phi) is 5.21. The number of benzene rings is 3. The number of carbonyl (C=O) groups excluding carboxylic acids is 1. The number of anilines is 3. The first-order valence-corrected chi connectivity index (χ1v) is 8.92. The van der Waals surface area contributed by atoms with Crippen LogP contribution in [0.1, 0.15) is 26.3 Å². The smallest absolute Gasteiger partial charge is 0.407 e. The number of hydrogen-bond acceptors (Lipinski definition) is 4. The summed E-state index contributed by atoms with van der Waals surface area (Å²) in [5, 5.41) is 8.25. The number of nitrogens with two attached hydrogens (primary N) is 1. The number of hydrogen-bond donors (Lipinski definition) is 3. The van der Waals surface area contributed by atoms with Crippen LogP contribution >= 0.6 is 0 Å². The van der Waals surface area contributed by atoms with Crippen molar-refractivity contribution in [3.05, 3.63) is 66.2 Å². The molecule has 0 spiro atoms. The molecule has 0 heterocycles. The second kappa shape index (κ2) is 7.58. The van der Waals surface area contributed by atoms with Gasteiger partial charge in [0.15, 0.2) is 0 Å². The molecule has 0 fully saturated rings. The molecule has 3 rings (SSSR count). The molecule has 0 saturated heterocycles. The summed E-state index contributed by atoms with van der Waals surface area (Å²) in [6.45, 7) is 5.93. The van der Waals surface area contributed by atoms with Crippen molar-refractivity contribution in [3.8, 4) is 0 Å². The Labute approximate surface area is 159 Å². The third kappa shape index (κ3) is 4.91. The van der Waals surface area contributed by atoms with Crippen LogP contribution in [0.4, 0.5) is 21.9 Å². The minimum absolute atomic E-state index is 0.410. The summed E-state index contributed by atoms with van der Waals surface area (Å²) in [4.78, 5) is 11.7. The van der Waals surface area contributed by atoms with Crippen LogP contribution in [-0.4, -0.2) is 11.7 Å². The molecule has 0 atom stereocenters. The molecule has 27 heavy (non-hydrogen) atoms. The molecule has 0 unspecified atom stereocenters. The second-order valence-corrected chi connectivity index (χ2v) is 7.43. The van der Waals surface area contributed by atoms with Crippen molar-refractivity contribution in [2.45, 2.75) is 32.9 Å². The number of amides is 1. The molecule has 1 amide bonds. The van der Waals surface area contributed by atoms with Crippen LogP contribution in [-0.2, 0) is 11.3 Å². The summed E-state index contributed by atoms with van der Waals surface area (Å²) in [5.74, 6) is 0. The predicted molar refractivity (Wildman–Crippen MR) is 111 cm³/mol. The fourth-order valence-electron chi connectivity index (χ4n) is 2.75. The van der Waals surface area contributed by atoms with Crippen molar-refractivity contribution in [2.24, 2.45) is 0 Å². The lowest BCUT2D eigenvalue weighted by Gasteiger charge is -2.19. The molecule has 4 N–H and O–H groups in total. The van der Waals surface area contributed by atoms with Gasteiger partial charge >= 0.3 is 6.09 Å². The van der Waals surface area contributed by atoms with Crippen molar-refractivity contribution in [2.75, 3.05) is 11.1 Å². The van der Waals surface area contributed by atoms with Crippen LogP contribution in [0, 0.1) is 0 Å². The normalized spacial score (nSPS) is 11.2. The summed E-state index contributed by atoms with van der Waals surface area (Å²) < 4.78 is 5.23. The molecular weight excluding hydrogens is 338 g/mol. The van der Waals surface area contributed by atoms with E-state index < -0.39 is 11.7 Å². The molecule has 0 saturated carbocycles. The van der Waals surface area contributed by atoms with Gasteiger partial charge in [-0.3, -0.25) is 0 Å². The Morgan fingerprint density at radius 2 is 1.70 bits per heavy atom. The van der Waals surface area contributed by atoms with Gasteiger partial charge in [-0.2, -0.15) is 0 Å². The van der Waals surface area contributed by atoms with E-state index in [0.717, 1.165) is 33.4 Å². The monoisotopic (exact) mass is 363 g/mol. The van der Waals surface area contributed by atoms with E-state index in [9.17, 15) is 4.79 Å². The van der Waals surface area contributed by atoms with Gasteiger partial charge in [0.1, 0.15) is 5.60 Å². The number of nitrogen functional groups attached to an aromatic ring is 1. The van der Waals surface area contributed by atoms with Crippen LogP contribution in [0.2, 0.25) is 0 Å². The quantitative estimate of drug-likeness (QED) is 0.558. The Morgan fingerprint density at radius 1 is 1.00 bits per heavy atom. The lowest BCUT2D eigenvalue weighted by Crippen LogP contribution is -2.32. The van der Waals surface area contributed by atoms with Crippen LogP contribution in [0.25, 0.3) is 10.8 Å². The Hall–Kier alpha value is -3.21. The zero-order valence-corrected chi connectivity index (χ0v) is 15.9. The average molecular weight is 363 g/mol. The standard InChI is InChI=1S/C22H25N3O2/c1-22(2,3)27-21(26)24-14-15-8-11-17(12-9-15)25-19-13-10-16-6-4-5-7-18(16)20(19)23/h4-13,25H,14,23H2,1-3H3,(H,24,26). The van der Waals surface area contributed by atoms with Gasteiger partial charge in [-0.25, -0.2) is 4.79 Å². The number of nitrogens with one attached hydrogen (secondary N) is 2. The molecular formula is C22H25N3O2. The zero-order chi connectivity index (χ0) is 19.4. The first kappa shape index (κ1) is 18.6. The SMILES string of the molecule is CC(C)(C)OC(=O)NCc1ccc(Nc2ccc3ccccc3c2N)cc1. The van der Waals surface area contributed by atoms with Crippen LogP contribution in [0.3, 0.4) is 0 Å². The molecule has 0 aliphatic rings. The second-order valence-electron chi connectivity index (χ2n) is 7.43. The third-order valence-electron chi connectivity index (χ3n) is 4.04. The van der Waals surface area contributed by atoms with Crippen molar-refractivity contribution >= 4 is 33.9 Å². The molecule has 0 radical (unpaired) electrons. The van der Waals surface area contributed by atoms with Gasteiger partial charge in [0.05, 0.1) is 11.4 Å². The van der Waals surface area contributed by atoms with Gasteiger partial charge in [0.2, 0.25) is 0 Å². The van der Waals surface area contributed by atoms with Crippen molar-refractivity contribution < 1.29 is 9.53 Å². The molecule has 0 bridgehead atoms. The maximum atomic E-state index is 11.7. The lowest BCUT2D eigenvalue weighted by atomic mass is 10.1. The van der Waals surface area contributed by atoms with E-state index in [0.29, 0.717) is 6.54 Å². The fourth-order valence-corrected chi connectivity index (χ4v) is 2.75. The molecule has 0 aliphatic carbocycles. The average Bonchev–Trinajstić information content (AvgIpc) is 2.62. The highest BCUT2D eigenvalue weighted by molar-refractivity contribution is 5.99. The van der Waals surface area contributed by atoms with Crippen molar-refractivity contribution in [1.82, 2.24) is 5.32 Å². The highest BCUT2D eigenvalue weighted by atomic mass is 16.6. The van der Waals surface area contributed by atoms with E-state index in [2.05, 4.69) is 10.6 Å². The van der Waals surface area contributed by atoms with Crippen molar-refractivity contribution in [3.63, 3.8) is 0 Å². The molecule has 0 aliphatic heterocycles. The van der Waals surface area contributed by atoms with Gasteiger partial charge in [0.25, 0.3) is 0 Å². The zero-order valence-electron chi connectivity index (χ0n) is 15.9. The fraction of sp³-hybridized carbons (Fsp3) is 0.227. The van der Waals surface area contributed by atoms with Gasteiger partial charge in [-0.05, 0) is 49.9 Å². The minimum atomic E-state index is -0.502. The largest absolute Gasteiger partial charge is 0.444 e. The maximum absolute atomic E-state index is 11.7.